The van der Waals surface area contributed by atoms with Crippen molar-refractivity contribution in [1.82, 2.24) is 0 Å². The molecule has 0 saturated carbocycles. The molecule has 41 heavy (non-hydrogen) atoms. The summed E-state index contributed by atoms with van der Waals surface area (Å²) in [6.45, 7) is 8.76. The van der Waals surface area contributed by atoms with Crippen LogP contribution in [0.25, 0.3) is 0 Å². The number of carbonyl (C=O) groups is 2. The van der Waals surface area contributed by atoms with Crippen LogP contribution in [0.2, 0.25) is 0 Å². The fraction of sp³-hybridized carbons (Fsp3) is 0.474. The summed E-state index contributed by atoms with van der Waals surface area (Å²) in [6, 6.07) is 17.1. The number of carbonyl (C=O) groups excluding carboxylic acids is 2. The van der Waals surface area contributed by atoms with Crippen molar-refractivity contribution in [3.8, 4) is 0 Å². The minimum absolute atomic E-state index is 0.0893. The first-order valence-corrected chi connectivity index (χ1v) is 16.0. The van der Waals surface area contributed by atoms with Crippen molar-refractivity contribution in [3.63, 3.8) is 0 Å². The summed E-state index contributed by atoms with van der Waals surface area (Å²) >= 11 is 0. The molecule has 1 aliphatic rings. The first-order valence-electron chi connectivity index (χ1n) is 16.0. The maximum Gasteiger partial charge on any atom is 0.255 e. The highest BCUT2D eigenvalue weighted by molar-refractivity contribution is 6.06. The zero-order valence-corrected chi connectivity index (χ0v) is 25.9. The Kier molecular flexibility index (Phi) is 13.9. The summed E-state index contributed by atoms with van der Waals surface area (Å²) in [5, 5.41) is 3.09. The molecule has 1 amide bonds. The molecule has 3 heteroatoms. The Morgan fingerprint density at radius 2 is 1.56 bits per heavy atom. The largest absolute Gasteiger partial charge is 0.322 e. The summed E-state index contributed by atoms with van der Waals surface area (Å²) in [5.74, 6) is 0.835. The number of ketones is 1. The average molecular weight is 554 g/mol. The monoisotopic (exact) mass is 553 g/mol. The molecule has 220 valence electrons. The Bertz CT molecular complexity index is 1230. The van der Waals surface area contributed by atoms with Gasteiger partial charge in [0.2, 0.25) is 0 Å². The van der Waals surface area contributed by atoms with E-state index in [1.165, 1.54) is 48.8 Å². The van der Waals surface area contributed by atoms with Crippen molar-refractivity contribution in [3.05, 3.63) is 100 Å². The number of amides is 1. The number of benzene rings is 2. The van der Waals surface area contributed by atoms with Crippen molar-refractivity contribution in [1.29, 1.82) is 0 Å². The van der Waals surface area contributed by atoms with Crippen LogP contribution in [0.15, 0.2) is 83.5 Å². The molecule has 3 rings (SSSR count). The lowest BCUT2D eigenvalue weighted by Crippen LogP contribution is -2.15. The second kappa shape index (κ2) is 17.6. The van der Waals surface area contributed by atoms with Crippen LogP contribution in [0.3, 0.4) is 0 Å². The van der Waals surface area contributed by atoms with Crippen LogP contribution >= 0.6 is 0 Å². The van der Waals surface area contributed by atoms with Crippen molar-refractivity contribution in [2.24, 2.45) is 5.92 Å². The van der Waals surface area contributed by atoms with Gasteiger partial charge in [-0.2, -0.15) is 0 Å². The average Bonchev–Trinajstić information content (AvgIpc) is 2.96. The predicted octanol–water partition coefficient (Wildman–Crippen LogP) is 9.91. The molecule has 0 bridgehead atoms. The number of rotatable bonds is 16. The molecule has 2 aromatic carbocycles. The second-order valence-electron chi connectivity index (χ2n) is 11.9. The van der Waals surface area contributed by atoms with Crippen LogP contribution in [0.5, 0.6) is 0 Å². The van der Waals surface area contributed by atoms with Crippen LogP contribution < -0.4 is 5.32 Å². The van der Waals surface area contributed by atoms with E-state index in [0.717, 1.165) is 48.9 Å². The number of anilines is 1. The third kappa shape index (κ3) is 11.3. The number of hydrogen-bond donors (Lipinski definition) is 1. The van der Waals surface area contributed by atoms with E-state index in [1.54, 1.807) is 0 Å². The number of aryl methyl sites for hydroxylation is 3. The number of nitrogens with one attached hydrogen (secondary N) is 1. The first kappa shape index (κ1) is 32.3. The van der Waals surface area contributed by atoms with Crippen LogP contribution in [-0.2, 0) is 28.9 Å². The van der Waals surface area contributed by atoms with Gasteiger partial charge in [0.25, 0.3) is 5.91 Å². The molecular formula is C38H51NO2. The fourth-order valence-electron chi connectivity index (χ4n) is 5.38. The zero-order valence-electron chi connectivity index (χ0n) is 25.9. The summed E-state index contributed by atoms with van der Waals surface area (Å²) < 4.78 is 0. The molecule has 1 aliphatic carbocycles. The summed E-state index contributed by atoms with van der Waals surface area (Å²) in [7, 11) is 0. The Morgan fingerprint density at radius 3 is 2.29 bits per heavy atom. The van der Waals surface area contributed by atoms with Gasteiger partial charge in [-0.25, -0.2) is 0 Å². The van der Waals surface area contributed by atoms with Crippen LogP contribution in [-0.4, -0.2) is 11.7 Å². The Balaban J connectivity index is 1.51. The van der Waals surface area contributed by atoms with Crippen LogP contribution in [0.1, 0.15) is 109 Å². The standard InChI is InChI=1S/C38H51NO2/c1-5-7-8-9-14-31-15-10-16-32(27-31)18-12-22-37(40)34-19-13-21-36(30(4)24-26-34)38(41)39-35-20-11-17-33(28-35)25-23-29(3)6-2/h10-11,13,15-17,19-21,27-29H,5-9,12,14,18,22-26H2,1-4H3,(H,39,41). The molecule has 2 aromatic rings. The topological polar surface area (TPSA) is 46.2 Å². The van der Waals surface area contributed by atoms with Gasteiger partial charge in [-0.15, -0.1) is 0 Å². The van der Waals surface area contributed by atoms with Gasteiger partial charge >= 0.3 is 0 Å². The van der Waals surface area contributed by atoms with E-state index < -0.39 is 0 Å². The van der Waals surface area contributed by atoms with E-state index >= 15 is 0 Å². The van der Waals surface area contributed by atoms with Crippen molar-refractivity contribution >= 4 is 17.4 Å². The molecule has 0 radical (unpaired) electrons. The van der Waals surface area contributed by atoms with Crippen molar-refractivity contribution in [2.45, 2.75) is 111 Å². The van der Waals surface area contributed by atoms with E-state index in [1.807, 2.05) is 37.3 Å². The number of Topliss-reactive ketones (excluding diaryl/α,β-unsaturated/α-hetero) is 1. The van der Waals surface area contributed by atoms with Gasteiger partial charge in [-0.1, -0.05) is 101 Å². The molecule has 1 atom stereocenters. The Morgan fingerprint density at radius 1 is 0.854 bits per heavy atom. The van der Waals surface area contributed by atoms with Gasteiger partial charge in [-0.05, 0) is 105 Å². The zero-order chi connectivity index (χ0) is 29.5. The molecule has 0 saturated heterocycles. The fourth-order valence-corrected chi connectivity index (χ4v) is 5.38. The molecule has 0 spiro atoms. The first-order chi connectivity index (χ1) is 19.9. The molecule has 1 N–H and O–H groups in total. The number of hydrogen-bond acceptors (Lipinski definition) is 2. The summed E-state index contributed by atoms with van der Waals surface area (Å²) in [6.07, 6.45) is 19.0. The normalized spacial score (nSPS) is 14.3. The lowest BCUT2D eigenvalue weighted by molar-refractivity contribution is -0.115. The second-order valence-corrected chi connectivity index (χ2v) is 11.9. The molecule has 1 unspecified atom stereocenters. The van der Waals surface area contributed by atoms with Crippen molar-refractivity contribution < 1.29 is 9.59 Å². The van der Waals surface area contributed by atoms with E-state index in [4.69, 9.17) is 0 Å². The van der Waals surface area contributed by atoms with E-state index in [9.17, 15) is 9.59 Å². The third-order valence-electron chi connectivity index (χ3n) is 8.38. The third-order valence-corrected chi connectivity index (χ3v) is 8.38. The van der Waals surface area contributed by atoms with Gasteiger partial charge in [0.15, 0.2) is 5.78 Å². The number of allylic oxidation sites excluding steroid dienone is 4. The molecule has 0 aromatic heterocycles. The lowest BCUT2D eigenvalue weighted by atomic mass is 9.93. The van der Waals surface area contributed by atoms with Gasteiger partial charge in [0.05, 0.1) is 0 Å². The lowest BCUT2D eigenvalue weighted by Gasteiger charge is -2.14. The molecular weight excluding hydrogens is 502 g/mol. The number of unbranched alkanes of at least 4 members (excludes halogenated alkanes) is 3. The van der Waals surface area contributed by atoms with Gasteiger partial charge in [0, 0.05) is 17.7 Å². The van der Waals surface area contributed by atoms with E-state index in [0.29, 0.717) is 30.8 Å². The molecule has 0 aliphatic heterocycles. The highest BCUT2D eigenvalue weighted by atomic mass is 16.1. The SMILES string of the molecule is CCCCCCc1cccc(CCCC(=O)C2=CC=CC(C(=O)Nc3cccc(CCC(C)CC)c3)=C(C)CC2)c1. The smallest absolute Gasteiger partial charge is 0.255 e. The van der Waals surface area contributed by atoms with Gasteiger partial charge in [0.1, 0.15) is 0 Å². The minimum Gasteiger partial charge on any atom is -0.322 e. The predicted molar refractivity (Wildman–Crippen MR) is 174 cm³/mol. The van der Waals surface area contributed by atoms with Crippen molar-refractivity contribution in [2.75, 3.05) is 5.32 Å². The van der Waals surface area contributed by atoms with Crippen LogP contribution in [0.4, 0.5) is 5.69 Å². The molecule has 0 heterocycles. The summed E-state index contributed by atoms with van der Waals surface area (Å²) in [5.41, 5.74) is 7.39. The quantitative estimate of drug-likeness (QED) is 0.210. The van der Waals surface area contributed by atoms with Gasteiger partial charge < -0.3 is 5.32 Å². The minimum atomic E-state index is -0.0893. The van der Waals surface area contributed by atoms with E-state index in [-0.39, 0.29) is 11.7 Å². The maximum atomic E-state index is 13.2. The highest BCUT2D eigenvalue weighted by Crippen LogP contribution is 2.23. The van der Waals surface area contributed by atoms with Gasteiger partial charge in [-0.3, -0.25) is 9.59 Å². The van der Waals surface area contributed by atoms with Crippen LogP contribution in [0, 0.1) is 5.92 Å². The molecule has 3 nitrogen and oxygen atoms in total. The summed E-state index contributed by atoms with van der Waals surface area (Å²) in [4.78, 5) is 26.2. The highest BCUT2D eigenvalue weighted by Gasteiger charge is 2.16. The van der Waals surface area contributed by atoms with E-state index in [2.05, 4.69) is 62.5 Å². The Hall–Kier alpha value is -3.20. The maximum absolute atomic E-state index is 13.2. The Labute approximate surface area is 249 Å². The molecule has 0 fully saturated rings.